The average Bonchev–Trinajstić information content (AvgIpc) is 2.65. The second-order valence-corrected chi connectivity index (χ2v) is 8.21. The van der Waals surface area contributed by atoms with Crippen LogP contribution in [0.5, 0.6) is 0 Å². The monoisotopic (exact) mass is 403 g/mol. The van der Waals surface area contributed by atoms with Crippen LogP contribution in [0, 0.1) is 31.4 Å². The average molecular weight is 404 g/mol. The van der Waals surface area contributed by atoms with Gasteiger partial charge in [-0.25, -0.2) is 8.78 Å². The lowest BCUT2D eigenvalue weighted by atomic mass is 9.97. The van der Waals surface area contributed by atoms with Crippen molar-refractivity contribution >= 4 is 0 Å². The molecular formula is C25H35F2NO. The summed E-state index contributed by atoms with van der Waals surface area (Å²) in [5.74, 6) is -0.381. The first-order valence-corrected chi connectivity index (χ1v) is 10.7. The fourth-order valence-electron chi connectivity index (χ4n) is 3.89. The fraction of sp³-hybridized carbons (Fsp3) is 0.520. The summed E-state index contributed by atoms with van der Waals surface area (Å²) in [7, 11) is 0. The second kappa shape index (κ2) is 11.4. The lowest BCUT2D eigenvalue weighted by Crippen LogP contribution is -2.33. The molecule has 4 heteroatoms. The molecular weight excluding hydrogens is 368 g/mol. The first kappa shape index (κ1) is 23.5. The summed E-state index contributed by atoms with van der Waals surface area (Å²) in [5.41, 5.74) is 3.81. The van der Waals surface area contributed by atoms with Gasteiger partial charge >= 0.3 is 0 Å². The molecule has 0 bridgehead atoms. The SMILES string of the molecule is CCN(CC(C)C)CC(OCCCc1c(F)cccc1F)c1c(C)cccc1C. The maximum atomic E-state index is 13.9. The van der Waals surface area contributed by atoms with Crippen LogP contribution in [-0.2, 0) is 11.2 Å². The molecule has 2 rings (SSSR count). The number of halogens is 2. The van der Waals surface area contributed by atoms with Crippen molar-refractivity contribution in [1.82, 2.24) is 4.90 Å². The zero-order valence-corrected chi connectivity index (χ0v) is 18.5. The Kier molecular flexibility index (Phi) is 9.25. The molecule has 0 heterocycles. The summed E-state index contributed by atoms with van der Waals surface area (Å²) in [6, 6.07) is 10.3. The van der Waals surface area contributed by atoms with Gasteiger partial charge in [0.2, 0.25) is 0 Å². The van der Waals surface area contributed by atoms with Crippen LogP contribution in [0.25, 0.3) is 0 Å². The van der Waals surface area contributed by atoms with Crippen LogP contribution in [0.4, 0.5) is 8.78 Å². The van der Waals surface area contributed by atoms with Crippen molar-refractivity contribution in [2.45, 2.75) is 53.6 Å². The molecule has 1 unspecified atom stereocenters. The van der Waals surface area contributed by atoms with E-state index in [0.29, 0.717) is 25.4 Å². The van der Waals surface area contributed by atoms with Crippen LogP contribution in [0.1, 0.15) is 55.5 Å². The van der Waals surface area contributed by atoms with Gasteiger partial charge in [-0.2, -0.15) is 0 Å². The summed E-state index contributed by atoms with van der Waals surface area (Å²) in [4.78, 5) is 2.41. The minimum absolute atomic E-state index is 0.0552. The third kappa shape index (κ3) is 6.90. The zero-order valence-electron chi connectivity index (χ0n) is 18.5. The van der Waals surface area contributed by atoms with Gasteiger partial charge in [0, 0.05) is 25.3 Å². The minimum atomic E-state index is -0.481. The van der Waals surface area contributed by atoms with Crippen molar-refractivity contribution in [3.63, 3.8) is 0 Å². The number of rotatable bonds is 11. The molecule has 1 atom stereocenters. The first-order valence-electron chi connectivity index (χ1n) is 10.7. The number of nitrogens with zero attached hydrogens (tertiary/aromatic N) is 1. The molecule has 0 radical (unpaired) electrons. The van der Waals surface area contributed by atoms with Crippen LogP contribution < -0.4 is 0 Å². The minimum Gasteiger partial charge on any atom is -0.372 e. The molecule has 0 aliphatic rings. The molecule has 0 aliphatic heterocycles. The molecule has 0 amide bonds. The van der Waals surface area contributed by atoms with E-state index in [4.69, 9.17) is 4.74 Å². The van der Waals surface area contributed by atoms with Gasteiger partial charge in [0.05, 0.1) is 6.10 Å². The summed E-state index contributed by atoms with van der Waals surface area (Å²) in [5, 5.41) is 0. The van der Waals surface area contributed by atoms with Crippen LogP contribution in [-0.4, -0.2) is 31.1 Å². The molecule has 0 saturated carbocycles. The Labute approximate surface area is 174 Å². The summed E-state index contributed by atoms with van der Waals surface area (Å²) < 4.78 is 34.0. The summed E-state index contributed by atoms with van der Waals surface area (Å²) in [6.45, 7) is 14.1. The van der Waals surface area contributed by atoms with E-state index in [0.717, 1.165) is 19.6 Å². The van der Waals surface area contributed by atoms with Crippen molar-refractivity contribution < 1.29 is 13.5 Å². The zero-order chi connectivity index (χ0) is 21.4. The summed E-state index contributed by atoms with van der Waals surface area (Å²) in [6.07, 6.45) is 0.859. The first-order chi connectivity index (χ1) is 13.8. The Hall–Kier alpha value is -1.78. The van der Waals surface area contributed by atoms with E-state index in [1.165, 1.54) is 34.9 Å². The van der Waals surface area contributed by atoms with Gasteiger partial charge in [-0.3, -0.25) is 0 Å². The topological polar surface area (TPSA) is 12.5 Å². The Morgan fingerprint density at radius 1 is 0.931 bits per heavy atom. The molecule has 160 valence electrons. The number of likely N-dealkylation sites (N-methyl/N-ethyl adjacent to an activating group) is 1. The van der Waals surface area contributed by atoms with E-state index in [1.54, 1.807) is 0 Å². The highest BCUT2D eigenvalue weighted by atomic mass is 19.1. The van der Waals surface area contributed by atoms with Gasteiger partial charge in [0.25, 0.3) is 0 Å². The van der Waals surface area contributed by atoms with Gasteiger partial charge in [-0.1, -0.05) is 45.0 Å². The highest BCUT2D eigenvalue weighted by Crippen LogP contribution is 2.27. The standard InChI is InChI=1S/C25H35F2NO/c1-6-28(16-18(2)3)17-24(25-19(4)10-7-11-20(25)5)29-15-9-12-21-22(26)13-8-14-23(21)27/h7-8,10-11,13-14,18,24H,6,9,12,15-17H2,1-5H3. The molecule has 0 N–H and O–H groups in total. The molecule has 2 nitrogen and oxygen atoms in total. The number of hydrogen-bond donors (Lipinski definition) is 0. The van der Waals surface area contributed by atoms with Crippen molar-refractivity contribution in [3.05, 3.63) is 70.3 Å². The number of aryl methyl sites for hydroxylation is 2. The van der Waals surface area contributed by atoms with E-state index < -0.39 is 11.6 Å². The Balaban J connectivity index is 2.09. The molecule has 2 aromatic carbocycles. The van der Waals surface area contributed by atoms with E-state index >= 15 is 0 Å². The van der Waals surface area contributed by atoms with Crippen LogP contribution in [0.15, 0.2) is 36.4 Å². The van der Waals surface area contributed by atoms with Gasteiger partial charge in [-0.15, -0.1) is 0 Å². The Morgan fingerprint density at radius 3 is 2.07 bits per heavy atom. The predicted molar refractivity (Wildman–Crippen MR) is 116 cm³/mol. The quantitative estimate of drug-likeness (QED) is 0.411. The van der Waals surface area contributed by atoms with E-state index in [2.05, 4.69) is 57.7 Å². The molecule has 2 aromatic rings. The van der Waals surface area contributed by atoms with Gasteiger partial charge < -0.3 is 9.64 Å². The highest BCUT2D eigenvalue weighted by molar-refractivity contribution is 5.35. The van der Waals surface area contributed by atoms with Gasteiger partial charge in [0.15, 0.2) is 0 Å². The number of benzene rings is 2. The number of hydrogen-bond acceptors (Lipinski definition) is 2. The van der Waals surface area contributed by atoms with Gasteiger partial charge in [-0.05, 0) is 68.0 Å². The Morgan fingerprint density at radius 2 is 1.52 bits per heavy atom. The lowest BCUT2D eigenvalue weighted by Gasteiger charge is -2.30. The van der Waals surface area contributed by atoms with Crippen LogP contribution in [0.3, 0.4) is 0 Å². The third-order valence-corrected chi connectivity index (χ3v) is 5.31. The van der Waals surface area contributed by atoms with Crippen LogP contribution in [0.2, 0.25) is 0 Å². The van der Waals surface area contributed by atoms with E-state index in [9.17, 15) is 8.78 Å². The van der Waals surface area contributed by atoms with Gasteiger partial charge in [0.1, 0.15) is 11.6 Å². The maximum absolute atomic E-state index is 13.9. The normalized spacial score (nSPS) is 12.7. The van der Waals surface area contributed by atoms with Crippen molar-refractivity contribution in [2.75, 3.05) is 26.2 Å². The van der Waals surface area contributed by atoms with E-state index in [1.807, 2.05) is 0 Å². The lowest BCUT2D eigenvalue weighted by molar-refractivity contribution is 0.0215. The smallest absolute Gasteiger partial charge is 0.129 e. The molecule has 0 fully saturated rings. The molecule has 0 aromatic heterocycles. The highest BCUT2D eigenvalue weighted by Gasteiger charge is 2.20. The van der Waals surface area contributed by atoms with Crippen molar-refractivity contribution in [3.8, 4) is 0 Å². The molecule has 0 spiro atoms. The predicted octanol–water partition coefficient (Wildman–Crippen LogP) is 6.25. The third-order valence-electron chi connectivity index (χ3n) is 5.31. The summed E-state index contributed by atoms with van der Waals surface area (Å²) >= 11 is 0. The fourth-order valence-corrected chi connectivity index (χ4v) is 3.89. The van der Waals surface area contributed by atoms with Crippen molar-refractivity contribution in [2.24, 2.45) is 5.92 Å². The van der Waals surface area contributed by atoms with Crippen molar-refractivity contribution in [1.29, 1.82) is 0 Å². The number of ether oxygens (including phenoxy) is 1. The van der Waals surface area contributed by atoms with E-state index in [-0.39, 0.29) is 11.7 Å². The maximum Gasteiger partial charge on any atom is 0.129 e. The largest absolute Gasteiger partial charge is 0.372 e. The Bertz CT molecular complexity index is 735. The molecule has 29 heavy (non-hydrogen) atoms. The molecule has 0 saturated heterocycles. The second-order valence-electron chi connectivity index (χ2n) is 8.21. The van der Waals surface area contributed by atoms with Crippen LogP contribution >= 0.6 is 0 Å². The molecule has 0 aliphatic carbocycles.